The zero-order valence-electron chi connectivity index (χ0n) is 29.9. The molecular formula is C35H41Cl2N3O13S. The standard InChI is InChI=1S/C35H41Cl2N3O13S/c1-22(32(43)23-7-5-8-24(36)17-23)40(35(2,3)4)34(45)53-21-52-31(42)11-10-30(41)50-15-13-48-14-16-51-33(44)26-18-29(54(38,46)47)27(37)19-28(26)39-20-25-9-6-12-49-25/h5-9,12,17-19,22,39H,10-11,13-16,20-21H2,1-4H3,(H2,38,46,47). The van der Waals surface area contributed by atoms with E-state index in [1.54, 1.807) is 58.0 Å². The molecule has 1 aromatic heterocycles. The topological polar surface area (TPSA) is 220 Å². The van der Waals surface area contributed by atoms with Crippen LogP contribution in [0.15, 0.2) is 64.1 Å². The van der Waals surface area contributed by atoms with Crippen molar-refractivity contribution in [1.82, 2.24) is 4.90 Å². The normalized spacial score (nSPS) is 12.0. The number of hydrogen-bond acceptors (Lipinski definition) is 14. The zero-order valence-corrected chi connectivity index (χ0v) is 32.3. The fourth-order valence-electron chi connectivity index (χ4n) is 4.85. The molecule has 16 nitrogen and oxygen atoms in total. The van der Waals surface area contributed by atoms with E-state index >= 15 is 0 Å². The van der Waals surface area contributed by atoms with E-state index in [1.165, 1.54) is 23.3 Å². The van der Waals surface area contributed by atoms with Crippen LogP contribution in [0.25, 0.3) is 0 Å². The number of nitrogens with zero attached hydrogens (tertiary/aromatic N) is 1. The Morgan fingerprint density at radius 1 is 0.889 bits per heavy atom. The van der Waals surface area contributed by atoms with Gasteiger partial charge in [0.2, 0.25) is 16.8 Å². The largest absolute Gasteiger partial charge is 0.467 e. The summed E-state index contributed by atoms with van der Waals surface area (Å²) in [6.07, 6.45) is -0.126. The summed E-state index contributed by atoms with van der Waals surface area (Å²) in [6.45, 7) is 5.51. The number of Topliss-reactive ketones (excluding diaryl/α,β-unsaturated/α-hetero) is 1. The van der Waals surface area contributed by atoms with Crippen molar-refractivity contribution in [1.29, 1.82) is 0 Å². The average Bonchev–Trinajstić information content (AvgIpc) is 3.61. The van der Waals surface area contributed by atoms with Gasteiger partial charge in [0.1, 0.15) is 23.9 Å². The van der Waals surface area contributed by atoms with Gasteiger partial charge in [0.05, 0.1) is 61.2 Å². The predicted octanol–water partition coefficient (Wildman–Crippen LogP) is 5.35. The SMILES string of the molecule is CC(C(=O)c1cccc(Cl)c1)N(C(=O)OCOC(=O)CCC(=O)OCCOCCOC(=O)c1cc(S(N)(=O)=O)c(Cl)cc1NCc1ccco1)C(C)(C)C. The molecule has 0 radical (unpaired) electrons. The van der Waals surface area contributed by atoms with Crippen molar-refractivity contribution in [3.05, 3.63) is 81.7 Å². The minimum absolute atomic E-state index is 0.0708. The van der Waals surface area contributed by atoms with Gasteiger partial charge >= 0.3 is 24.0 Å². The van der Waals surface area contributed by atoms with E-state index in [4.69, 9.17) is 56.4 Å². The Morgan fingerprint density at radius 2 is 1.56 bits per heavy atom. The molecule has 3 rings (SSSR count). The molecule has 19 heteroatoms. The highest BCUT2D eigenvalue weighted by molar-refractivity contribution is 7.89. The van der Waals surface area contributed by atoms with Gasteiger partial charge in [-0.2, -0.15) is 0 Å². The van der Waals surface area contributed by atoms with Crippen molar-refractivity contribution >= 4 is 68.7 Å². The van der Waals surface area contributed by atoms with Crippen molar-refractivity contribution in [3.63, 3.8) is 0 Å². The predicted molar refractivity (Wildman–Crippen MR) is 194 cm³/mol. The van der Waals surface area contributed by atoms with Crippen LogP contribution in [0.1, 0.15) is 67.0 Å². The number of primary sulfonamides is 1. The van der Waals surface area contributed by atoms with Crippen LogP contribution >= 0.6 is 23.2 Å². The Bertz CT molecular complexity index is 1900. The Kier molecular flexibility index (Phi) is 16.3. The van der Waals surface area contributed by atoms with Crippen LogP contribution in [0.5, 0.6) is 0 Å². The van der Waals surface area contributed by atoms with E-state index in [0.717, 1.165) is 6.07 Å². The Balaban J connectivity index is 1.35. The number of ether oxygens (including phenoxy) is 5. The summed E-state index contributed by atoms with van der Waals surface area (Å²) < 4.78 is 54.7. The number of ketones is 1. The van der Waals surface area contributed by atoms with Crippen molar-refractivity contribution in [3.8, 4) is 0 Å². The van der Waals surface area contributed by atoms with Gasteiger partial charge in [-0.25, -0.2) is 23.1 Å². The van der Waals surface area contributed by atoms with Crippen LogP contribution in [0, 0.1) is 0 Å². The highest BCUT2D eigenvalue weighted by atomic mass is 35.5. The van der Waals surface area contributed by atoms with Crippen LogP contribution in [0.4, 0.5) is 10.5 Å². The first kappa shape index (κ1) is 43.7. The molecule has 0 aliphatic heterocycles. The Labute approximate surface area is 322 Å². The van der Waals surface area contributed by atoms with Gasteiger partial charge in [-0.15, -0.1) is 0 Å². The number of esters is 3. The summed E-state index contributed by atoms with van der Waals surface area (Å²) in [5.41, 5.74) is -0.502. The summed E-state index contributed by atoms with van der Waals surface area (Å²) in [7, 11) is -4.25. The van der Waals surface area contributed by atoms with Gasteiger partial charge in [-0.3, -0.25) is 19.3 Å². The molecule has 0 aliphatic rings. The molecule has 1 atom stereocenters. The van der Waals surface area contributed by atoms with Gasteiger partial charge in [0.15, 0.2) is 5.78 Å². The third kappa shape index (κ3) is 13.6. The number of nitrogens with two attached hydrogens (primary N) is 1. The van der Waals surface area contributed by atoms with Gasteiger partial charge in [-0.1, -0.05) is 35.3 Å². The molecule has 3 aromatic rings. The van der Waals surface area contributed by atoms with Crippen LogP contribution in [-0.4, -0.2) is 87.9 Å². The number of sulfonamides is 1. The molecule has 294 valence electrons. The highest BCUT2D eigenvalue weighted by Gasteiger charge is 2.36. The second kappa shape index (κ2) is 20.1. The summed E-state index contributed by atoms with van der Waals surface area (Å²) in [6, 6.07) is 11.0. The summed E-state index contributed by atoms with van der Waals surface area (Å²) in [5, 5.41) is 8.33. The Morgan fingerprint density at radius 3 is 2.17 bits per heavy atom. The number of carbonyl (C=O) groups is 5. The van der Waals surface area contributed by atoms with Crippen molar-refractivity contribution < 1.29 is 60.5 Å². The number of halogens is 2. The maximum absolute atomic E-state index is 13.0. The Hall–Kier alpha value is -4.68. The summed E-state index contributed by atoms with van der Waals surface area (Å²) in [5.74, 6) is -2.28. The molecule has 3 N–H and O–H groups in total. The van der Waals surface area contributed by atoms with Crippen molar-refractivity contribution in [2.75, 3.05) is 38.5 Å². The quantitative estimate of drug-likeness (QED) is 0.0512. The lowest BCUT2D eigenvalue weighted by Crippen LogP contribution is -2.53. The number of anilines is 1. The fourth-order valence-corrected chi connectivity index (χ4v) is 6.14. The van der Waals surface area contributed by atoms with Gasteiger partial charge in [0.25, 0.3) is 0 Å². The zero-order chi connectivity index (χ0) is 40.1. The molecule has 2 aromatic carbocycles. The number of hydrogen-bond donors (Lipinski definition) is 2. The van der Waals surface area contributed by atoms with E-state index in [2.05, 4.69) is 5.32 Å². The molecule has 0 fully saturated rings. The molecule has 0 spiro atoms. The van der Waals surface area contributed by atoms with Crippen LogP contribution < -0.4 is 10.5 Å². The van der Waals surface area contributed by atoms with E-state index < -0.39 is 57.3 Å². The van der Waals surface area contributed by atoms with Gasteiger partial charge in [0, 0.05) is 16.1 Å². The minimum atomic E-state index is -4.25. The first-order valence-corrected chi connectivity index (χ1v) is 18.6. The third-order valence-corrected chi connectivity index (χ3v) is 8.92. The minimum Gasteiger partial charge on any atom is -0.467 e. The number of furan rings is 1. The second-order valence-corrected chi connectivity index (χ2v) is 14.8. The molecular weight excluding hydrogens is 773 g/mol. The number of amides is 1. The number of carbonyl (C=O) groups excluding carboxylic acids is 5. The number of benzene rings is 2. The van der Waals surface area contributed by atoms with Gasteiger partial charge < -0.3 is 33.4 Å². The van der Waals surface area contributed by atoms with Crippen LogP contribution in [-0.2, 0) is 49.8 Å². The van der Waals surface area contributed by atoms with E-state index in [9.17, 15) is 32.4 Å². The molecule has 54 heavy (non-hydrogen) atoms. The van der Waals surface area contributed by atoms with Crippen molar-refractivity contribution in [2.45, 2.75) is 63.6 Å². The average molecular weight is 815 g/mol. The smallest absolute Gasteiger partial charge is 0.413 e. The monoisotopic (exact) mass is 813 g/mol. The lowest BCUT2D eigenvalue weighted by Gasteiger charge is -2.38. The molecule has 0 bridgehead atoms. The summed E-state index contributed by atoms with van der Waals surface area (Å²) in [4.78, 5) is 63.7. The third-order valence-electron chi connectivity index (χ3n) is 7.31. The van der Waals surface area contributed by atoms with E-state index in [-0.39, 0.29) is 67.9 Å². The fraction of sp³-hybridized carbons (Fsp3) is 0.400. The molecule has 1 heterocycles. The van der Waals surface area contributed by atoms with Crippen LogP contribution in [0.3, 0.4) is 0 Å². The maximum atomic E-state index is 13.0. The van der Waals surface area contributed by atoms with E-state index in [1.807, 2.05) is 0 Å². The van der Waals surface area contributed by atoms with Crippen molar-refractivity contribution in [2.24, 2.45) is 5.14 Å². The molecule has 0 aliphatic carbocycles. The second-order valence-electron chi connectivity index (χ2n) is 12.4. The molecule has 0 saturated carbocycles. The van der Waals surface area contributed by atoms with E-state index in [0.29, 0.717) is 16.3 Å². The highest BCUT2D eigenvalue weighted by Crippen LogP contribution is 2.29. The number of nitrogens with one attached hydrogen (secondary N) is 1. The first-order chi connectivity index (χ1) is 25.4. The lowest BCUT2D eigenvalue weighted by molar-refractivity contribution is -0.156. The molecule has 1 amide bonds. The first-order valence-electron chi connectivity index (χ1n) is 16.3. The molecule has 0 saturated heterocycles. The summed E-state index contributed by atoms with van der Waals surface area (Å²) >= 11 is 12.1. The van der Waals surface area contributed by atoms with Gasteiger partial charge in [-0.05, 0) is 64.1 Å². The lowest BCUT2D eigenvalue weighted by atomic mass is 9.98. The number of rotatable bonds is 19. The maximum Gasteiger partial charge on any atom is 0.413 e. The molecule has 1 unspecified atom stereocenters. The van der Waals surface area contributed by atoms with Crippen LogP contribution in [0.2, 0.25) is 10.0 Å².